The first-order valence-electron chi connectivity index (χ1n) is 7.31. The quantitative estimate of drug-likeness (QED) is 0.908. The fraction of sp³-hybridized carbons (Fsp3) is 0.438. The van der Waals surface area contributed by atoms with E-state index in [1.807, 2.05) is 0 Å². The molecule has 118 valence electrons. The largest absolute Gasteiger partial charge is 0.464 e. The standard InChI is InChI=1S/C16H18FNO4/c17-12-9-11-1-6-22-14(11)13(10-12)15(20)18-16(2-5-19)3-7-21-8-4-16/h1,6,9-10,19H,2-5,7-8H2,(H,18,20). The summed E-state index contributed by atoms with van der Waals surface area (Å²) in [5, 5.41) is 12.8. The topological polar surface area (TPSA) is 71.7 Å². The molecule has 1 saturated heterocycles. The summed E-state index contributed by atoms with van der Waals surface area (Å²) in [6, 6.07) is 4.12. The van der Waals surface area contributed by atoms with E-state index >= 15 is 0 Å². The Morgan fingerprint density at radius 2 is 2.14 bits per heavy atom. The average molecular weight is 307 g/mol. The summed E-state index contributed by atoms with van der Waals surface area (Å²) >= 11 is 0. The van der Waals surface area contributed by atoms with E-state index in [2.05, 4.69) is 5.32 Å². The molecule has 0 unspecified atom stereocenters. The van der Waals surface area contributed by atoms with Crippen molar-refractivity contribution in [3.05, 3.63) is 35.8 Å². The summed E-state index contributed by atoms with van der Waals surface area (Å²) in [7, 11) is 0. The zero-order chi connectivity index (χ0) is 15.6. The van der Waals surface area contributed by atoms with E-state index in [1.54, 1.807) is 6.07 Å². The van der Waals surface area contributed by atoms with Gasteiger partial charge in [-0.25, -0.2) is 4.39 Å². The average Bonchev–Trinajstić information content (AvgIpc) is 2.95. The van der Waals surface area contributed by atoms with Crippen molar-refractivity contribution in [2.24, 2.45) is 0 Å². The molecule has 0 spiro atoms. The summed E-state index contributed by atoms with van der Waals surface area (Å²) in [5.74, 6) is -0.878. The number of hydrogen-bond donors (Lipinski definition) is 2. The third kappa shape index (κ3) is 2.84. The molecule has 1 aromatic carbocycles. The van der Waals surface area contributed by atoms with Gasteiger partial charge in [-0.1, -0.05) is 0 Å². The zero-order valence-electron chi connectivity index (χ0n) is 12.1. The molecule has 1 amide bonds. The number of hydrogen-bond acceptors (Lipinski definition) is 4. The molecule has 0 saturated carbocycles. The van der Waals surface area contributed by atoms with Gasteiger partial charge in [0.1, 0.15) is 11.4 Å². The van der Waals surface area contributed by atoms with E-state index in [1.165, 1.54) is 18.4 Å². The molecular formula is C16H18FNO4. The molecular weight excluding hydrogens is 289 g/mol. The van der Waals surface area contributed by atoms with Gasteiger partial charge in [0.05, 0.1) is 11.8 Å². The molecule has 3 rings (SSSR count). The van der Waals surface area contributed by atoms with E-state index in [0.29, 0.717) is 43.4 Å². The van der Waals surface area contributed by atoms with E-state index in [9.17, 15) is 14.3 Å². The van der Waals surface area contributed by atoms with Crippen LogP contribution >= 0.6 is 0 Å². The number of amides is 1. The molecule has 2 aromatic rings. The molecule has 1 fully saturated rings. The lowest BCUT2D eigenvalue weighted by atomic mass is 9.86. The van der Waals surface area contributed by atoms with Crippen LogP contribution in [0.4, 0.5) is 4.39 Å². The first kappa shape index (κ1) is 15.0. The lowest BCUT2D eigenvalue weighted by Crippen LogP contribution is -2.52. The molecule has 5 nitrogen and oxygen atoms in total. The van der Waals surface area contributed by atoms with Crippen molar-refractivity contribution in [2.45, 2.75) is 24.8 Å². The van der Waals surface area contributed by atoms with Crippen molar-refractivity contribution in [3.8, 4) is 0 Å². The molecule has 0 atom stereocenters. The number of halogens is 1. The molecule has 1 aliphatic rings. The second-order valence-corrected chi connectivity index (χ2v) is 5.61. The summed E-state index contributed by atoms with van der Waals surface area (Å²) in [6.07, 6.45) is 3.11. The molecule has 2 N–H and O–H groups in total. The minimum atomic E-state index is -0.519. The lowest BCUT2D eigenvalue weighted by Gasteiger charge is -2.37. The van der Waals surface area contributed by atoms with Gasteiger partial charge in [0.2, 0.25) is 0 Å². The molecule has 2 heterocycles. The van der Waals surface area contributed by atoms with Crippen LogP contribution in [-0.4, -0.2) is 36.4 Å². The van der Waals surface area contributed by atoms with Crippen LogP contribution in [0.25, 0.3) is 11.0 Å². The van der Waals surface area contributed by atoms with Crippen LogP contribution in [-0.2, 0) is 4.74 Å². The molecule has 22 heavy (non-hydrogen) atoms. The van der Waals surface area contributed by atoms with Crippen molar-refractivity contribution in [3.63, 3.8) is 0 Å². The summed E-state index contributed by atoms with van der Waals surface area (Å²) in [6.45, 7) is 1.03. The third-order valence-electron chi connectivity index (χ3n) is 4.18. The summed E-state index contributed by atoms with van der Waals surface area (Å²) in [5.41, 5.74) is 0.0175. The molecule has 0 bridgehead atoms. The predicted molar refractivity (Wildman–Crippen MR) is 78.1 cm³/mol. The van der Waals surface area contributed by atoms with Gasteiger partial charge < -0.3 is 19.6 Å². The number of benzene rings is 1. The first-order valence-corrected chi connectivity index (χ1v) is 7.31. The highest BCUT2D eigenvalue weighted by molar-refractivity contribution is 6.05. The number of ether oxygens (including phenoxy) is 1. The highest BCUT2D eigenvalue weighted by Gasteiger charge is 2.34. The summed E-state index contributed by atoms with van der Waals surface area (Å²) in [4.78, 5) is 12.6. The second kappa shape index (κ2) is 6.06. The number of fused-ring (bicyclic) bond motifs is 1. The van der Waals surface area contributed by atoms with E-state index in [4.69, 9.17) is 9.15 Å². The van der Waals surface area contributed by atoms with Gasteiger partial charge >= 0.3 is 0 Å². The van der Waals surface area contributed by atoms with Crippen LogP contribution in [0.3, 0.4) is 0 Å². The van der Waals surface area contributed by atoms with E-state index < -0.39 is 17.3 Å². The van der Waals surface area contributed by atoms with Crippen LogP contribution in [0.15, 0.2) is 28.9 Å². The third-order valence-corrected chi connectivity index (χ3v) is 4.18. The maximum absolute atomic E-state index is 13.7. The van der Waals surface area contributed by atoms with Gasteiger partial charge in [-0.05, 0) is 37.5 Å². The van der Waals surface area contributed by atoms with E-state index in [0.717, 1.165) is 0 Å². The number of aliphatic hydroxyl groups excluding tert-OH is 1. The maximum Gasteiger partial charge on any atom is 0.255 e. The highest BCUT2D eigenvalue weighted by atomic mass is 19.1. The molecule has 0 radical (unpaired) electrons. The first-order chi connectivity index (χ1) is 10.6. The predicted octanol–water partition coefficient (Wildman–Crippen LogP) is 2.23. The Hall–Kier alpha value is -1.92. The number of nitrogens with one attached hydrogen (secondary N) is 1. The maximum atomic E-state index is 13.7. The van der Waals surface area contributed by atoms with Crippen molar-refractivity contribution >= 4 is 16.9 Å². The van der Waals surface area contributed by atoms with Gasteiger partial charge in [-0.3, -0.25) is 4.79 Å². The Bertz CT molecular complexity index is 670. The van der Waals surface area contributed by atoms with Crippen molar-refractivity contribution in [2.75, 3.05) is 19.8 Å². The van der Waals surface area contributed by atoms with Crippen molar-refractivity contribution in [1.82, 2.24) is 5.32 Å². The minimum absolute atomic E-state index is 0.0282. The molecule has 1 aromatic heterocycles. The SMILES string of the molecule is O=C(NC1(CCO)CCOCC1)c1cc(F)cc2ccoc12. The molecule has 0 aliphatic carbocycles. The number of rotatable bonds is 4. The van der Waals surface area contributed by atoms with Crippen LogP contribution in [0.2, 0.25) is 0 Å². The van der Waals surface area contributed by atoms with Crippen LogP contribution in [0.1, 0.15) is 29.6 Å². The van der Waals surface area contributed by atoms with Gasteiger partial charge in [0, 0.05) is 30.7 Å². The fourth-order valence-electron chi connectivity index (χ4n) is 2.94. The molecule has 1 aliphatic heterocycles. The van der Waals surface area contributed by atoms with Crippen LogP contribution < -0.4 is 5.32 Å². The monoisotopic (exact) mass is 307 g/mol. The Morgan fingerprint density at radius 1 is 1.36 bits per heavy atom. The Balaban J connectivity index is 1.90. The molecule has 6 heteroatoms. The number of furan rings is 1. The van der Waals surface area contributed by atoms with E-state index in [-0.39, 0.29) is 12.2 Å². The number of carbonyl (C=O) groups is 1. The van der Waals surface area contributed by atoms with Gasteiger partial charge in [-0.2, -0.15) is 0 Å². The Labute approximate surface area is 127 Å². The second-order valence-electron chi connectivity index (χ2n) is 5.61. The van der Waals surface area contributed by atoms with Crippen molar-refractivity contribution < 1.29 is 23.4 Å². The normalized spacial score (nSPS) is 17.5. The number of carbonyl (C=O) groups excluding carboxylic acids is 1. The number of aliphatic hydroxyl groups is 1. The minimum Gasteiger partial charge on any atom is -0.464 e. The Kier molecular flexibility index (Phi) is 4.13. The summed E-state index contributed by atoms with van der Waals surface area (Å²) < 4.78 is 24.3. The fourth-order valence-corrected chi connectivity index (χ4v) is 2.94. The Morgan fingerprint density at radius 3 is 2.86 bits per heavy atom. The lowest BCUT2D eigenvalue weighted by molar-refractivity contribution is 0.0267. The smallest absolute Gasteiger partial charge is 0.255 e. The van der Waals surface area contributed by atoms with Gasteiger partial charge in [-0.15, -0.1) is 0 Å². The highest BCUT2D eigenvalue weighted by Crippen LogP contribution is 2.27. The van der Waals surface area contributed by atoms with Crippen molar-refractivity contribution in [1.29, 1.82) is 0 Å². The zero-order valence-corrected chi connectivity index (χ0v) is 12.1. The van der Waals surface area contributed by atoms with Crippen LogP contribution in [0, 0.1) is 5.82 Å². The van der Waals surface area contributed by atoms with Gasteiger partial charge in [0.15, 0.2) is 0 Å². The van der Waals surface area contributed by atoms with Crippen LogP contribution in [0.5, 0.6) is 0 Å². The van der Waals surface area contributed by atoms with Gasteiger partial charge in [0.25, 0.3) is 5.91 Å².